The number of hydrogen-bond donors (Lipinski definition) is 2. The van der Waals surface area contributed by atoms with E-state index in [-0.39, 0.29) is 24.0 Å². The molecule has 1 aromatic rings. The average molecular weight is 441 g/mol. The molecule has 0 aromatic heterocycles. The minimum absolute atomic E-state index is 0. The maximum Gasteiger partial charge on any atom is 0.191 e. The highest BCUT2D eigenvalue weighted by Crippen LogP contribution is 2.07. The number of guanidine groups is 1. The van der Waals surface area contributed by atoms with Crippen LogP contribution in [0, 0.1) is 11.3 Å². The molecule has 1 aliphatic heterocycles. The highest BCUT2D eigenvalue weighted by atomic mass is 127. The summed E-state index contributed by atoms with van der Waals surface area (Å²) in [7, 11) is 0. The van der Waals surface area contributed by atoms with Crippen LogP contribution in [0.15, 0.2) is 29.3 Å². The highest BCUT2D eigenvalue weighted by Gasteiger charge is 2.09. The van der Waals surface area contributed by atoms with Crippen molar-refractivity contribution >= 4 is 29.9 Å². The largest absolute Gasteiger partial charge is 0.357 e. The Labute approximate surface area is 162 Å². The zero-order chi connectivity index (χ0) is 16.3. The second-order valence-corrected chi connectivity index (χ2v) is 5.83. The Morgan fingerprint density at radius 1 is 1.17 bits per heavy atom. The van der Waals surface area contributed by atoms with Crippen molar-refractivity contribution in [3.8, 4) is 6.07 Å². The molecule has 6 heteroatoms. The Bertz CT molecular complexity index is 529. The van der Waals surface area contributed by atoms with Crippen LogP contribution in [0.5, 0.6) is 0 Å². The lowest BCUT2D eigenvalue weighted by atomic mass is 10.1. The number of nitrogens with zero attached hydrogens (tertiary/aromatic N) is 3. The second kappa shape index (κ2) is 12.1. The van der Waals surface area contributed by atoms with E-state index >= 15 is 0 Å². The highest BCUT2D eigenvalue weighted by molar-refractivity contribution is 14.0. The Kier molecular flexibility index (Phi) is 10.4. The van der Waals surface area contributed by atoms with Gasteiger partial charge in [0.1, 0.15) is 0 Å². The molecule has 0 bridgehead atoms. The zero-order valence-electron chi connectivity index (χ0n) is 14.4. The Morgan fingerprint density at radius 3 is 2.50 bits per heavy atom. The molecule has 2 rings (SSSR count). The van der Waals surface area contributed by atoms with E-state index in [1.54, 1.807) is 0 Å². The molecule has 1 saturated heterocycles. The van der Waals surface area contributed by atoms with Gasteiger partial charge >= 0.3 is 0 Å². The van der Waals surface area contributed by atoms with Gasteiger partial charge in [0.25, 0.3) is 0 Å². The van der Waals surface area contributed by atoms with E-state index in [0.717, 1.165) is 31.2 Å². The first-order chi connectivity index (χ1) is 11.3. The maximum absolute atomic E-state index is 8.82. The van der Waals surface area contributed by atoms with Gasteiger partial charge in [-0.25, -0.2) is 4.99 Å². The van der Waals surface area contributed by atoms with Crippen molar-refractivity contribution in [3.63, 3.8) is 0 Å². The van der Waals surface area contributed by atoms with E-state index < -0.39 is 0 Å². The van der Waals surface area contributed by atoms with Gasteiger partial charge in [-0.15, -0.1) is 24.0 Å². The van der Waals surface area contributed by atoms with Crippen molar-refractivity contribution < 1.29 is 0 Å². The van der Waals surface area contributed by atoms with Crippen LogP contribution < -0.4 is 10.6 Å². The Balaban J connectivity index is 0.00000288. The first-order valence-corrected chi connectivity index (χ1v) is 8.55. The van der Waals surface area contributed by atoms with Gasteiger partial charge in [-0.3, -0.25) is 0 Å². The molecule has 1 fully saturated rings. The number of halogens is 1. The summed E-state index contributed by atoms with van der Waals surface area (Å²) >= 11 is 0. The third kappa shape index (κ3) is 7.49. The molecule has 0 spiro atoms. The summed E-state index contributed by atoms with van der Waals surface area (Å²) in [6.07, 6.45) is 4.03. The number of aliphatic imine (C=N–C) groups is 1. The lowest BCUT2D eigenvalue weighted by molar-refractivity contribution is 0.232. The Morgan fingerprint density at radius 2 is 1.88 bits per heavy atom. The van der Waals surface area contributed by atoms with Crippen molar-refractivity contribution in [1.82, 2.24) is 15.5 Å². The van der Waals surface area contributed by atoms with Gasteiger partial charge in [0.15, 0.2) is 5.96 Å². The van der Waals surface area contributed by atoms with Crippen LogP contribution in [0.4, 0.5) is 0 Å². The van der Waals surface area contributed by atoms with Gasteiger partial charge in [0.2, 0.25) is 0 Å². The zero-order valence-corrected chi connectivity index (χ0v) is 16.8. The average Bonchev–Trinajstić information content (AvgIpc) is 2.61. The number of benzene rings is 1. The molecule has 0 saturated carbocycles. The lowest BCUT2D eigenvalue weighted by Gasteiger charge is -2.26. The third-order valence-corrected chi connectivity index (χ3v) is 4.02. The van der Waals surface area contributed by atoms with Gasteiger partial charge in [-0.2, -0.15) is 5.26 Å². The summed E-state index contributed by atoms with van der Waals surface area (Å²) in [5.41, 5.74) is 1.79. The molecule has 0 unspecified atom stereocenters. The molecular weight excluding hydrogens is 413 g/mol. The van der Waals surface area contributed by atoms with Crippen molar-refractivity contribution in [2.75, 3.05) is 32.7 Å². The fourth-order valence-corrected chi connectivity index (χ4v) is 2.71. The molecule has 1 heterocycles. The summed E-state index contributed by atoms with van der Waals surface area (Å²) < 4.78 is 0. The smallest absolute Gasteiger partial charge is 0.191 e. The SMILES string of the molecule is CCNC(=NCc1ccc(C#N)cc1)NCCN1CCCCC1.I. The molecule has 5 nitrogen and oxygen atoms in total. The van der Waals surface area contributed by atoms with Crippen LogP contribution in [0.2, 0.25) is 0 Å². The fraction of sp³-hybridized carbons (Fsp3) is 0.556. The lowest BCUT2D eigenvalue weighted by Crippen LogP contribution is -2.42. The molecule has 0 aliphatic carbocycles. The minimum atomic E-state index is 0. The van der Waals surface area contributed by atoms with E-state index in [9.17, 15) is 0 Å². The van der Waals surface area contributed by atoms with Gasteiger partial charge < -0.3 is 15.5 Å². The second-order valence-electron chi connectivity index (χ2n) is 5.83. The van der Waals surface area contributed by atoms with Crippen LogP contribution >= 0.6 is 24.0 Å². The number of likely N-dealkylation sites (tertiary alicyclic amines) is 1. The van der Waals surface area contributed by atoms with Gasteiger partial charge in [-0.1, -0.05) is 18.6 Å². The number of piperidine rings is 1. The third-order valence-electron chi connectivity index (χ3n) is 4.02. The van der Waals surface area contributed by atoms with Crippen LogP contribution in [-0.4, -0.2) is 43.6 Å². The normalized spacial score (nSPS) is 15.2. The first kappa shape index (κ1) is 20.7. The number of nitrogens with one attached hydrogen (secondary N) is 2. The van der Waals surface area contributed by atoms with Crippen LogP contribution in [0.1, 0.15) is 37.3 Å². The Hall–Kier alpha value is -1.33. The summed E-state index contributed by atoms with van der Waals surface area (Å²) in [6, 6.07) is 9.72. The van der Waals surface area contributed by atoms with E-state index in [4.69, 9.17) is 5.26 Å². The van der Waals surface area contributed by atoms with Crippen LogP contribution in [0.25, 0.3) is 0 Å². The van der Waals surface area contributed by atoms with Crippen molar-refractivity contribution in [2.45, 2.75) is 32.7 Å². The number of nitriles is 1. The molecule has 1 aliphatic rings. The van der Waals surface area contributed by atoms with Gasteiger partial charge in [0.05, 0.1) is 18.2 Å². The number of hydrogen-bond acceptors (Lipinski definition) is 3. The molecule has 0 atom stereocenters. The minimum Gasteiger partial charge on any atom is -0.357 e. The van der Waals surface area contributed by atoms with Crippen molar-refractivity contribution in [3.05, 3.63) is 35.4 Å². The predicted octanol–water partition coefficient (Wildman–Crippen LogP) is 2.72. The summed E-state index contributed by atoms with van der Waals surface area (Å²) in [6.45, 7) is 7.97. The summed E-state index contributed by atoms with van der Waals surface area (Å²) in [5.74, 6) is 0.855. The van der Waals surface area contributed by atoms with E-state index in [1.165, 1.54) is 32.4 Å². The summed E-state index contributed by atoms with van der Waals surface area (Å²) in [4.78, 5) is 7.13. The molecule has 132 valence electrons. The van der Waals surface area contributed by atoms with Gasteiger partial charge in [-0.05, 0) is 50.6 Å². The molecule has 2 N–H and O–H groups in total. The fourth-order valence-electron chi connectivity index (χ4n) is 2.71. The van der Waals surface area contributed by atoms with E-state index in [0.29, 0.717) is 12.1 Å². The number of rotatable bonds is 6. The first-order valence-electron chi connectivity index (χ1n) is 8.55. The molecule has 0 radical (unpaired) electrons. The standard InChI is InChI=1S/C18H27N5.HI/c1-2-20-18(21-10-13-23-11-4-3-5-12-23)22-15-17-8-6-16(14-19)7-9-17;/h6-9H,2-5,10-13,15H2,1H3,(H2,20,21,22);1H. The van der Waals surface area contributed by atoms with E-state index in [1.807, 2.05) is 24.3 Å². The van der Waals surface area contributed by atoms with Crippen molar-refractivity contribution in [1.29, 1.82) is 5.26 Å². The van der Waals surface area contributed by atoms with Gasteiger partial charge in [0, 0.05) is 19.6 Å². The van der Waals surface area contributed by atoms with E-state index in [2.05, 4.69) is 33.5 Å². The van der Waals surface area contributed by atoms with Crippen LogP contribution in [-0.2, 0) is 6.54 Å². The predicted molar refractivity (Wildman–Crippen MR) is 110 cm³/mol. The maximum atomic E-state index is 8.82. The van der Waals surface area contributed by atoms with Crippen LogP contribution in [0.3, 0.4) is 0 Å². The quantitative estimate of drug-likeness (QED) is 0.405. The van der Waals surface area contributed by atoms with Crippen molar-refractivity contribution in [2.24, 2.45) is 4.99 Å². The molecule has 24 heavy (non-hydrogen) atoms. The summed E-state index contributed by atoms with van der Waals surface area (Å²) in [5, 5.41) is 15.5. The molecule has 0 amide bonds. The molecule has 1 aromatic carbocycles. The monoisotopic (exact) mass is 441 g/mol. The topological polar surface area (TPSA) is 63.5 Å². The molecular formula is C18H28IN5.